The lowest BCUT2D eigenvalue weighted by atomic mass is 10.3. The standard InChI is InChI=1S/C7H10Cl2N4O/c1-4(3-14-2)10-6-5(8)12-13-7(9)11-6/h4H,3H2,1-2H3,(H,10,11,13). The van der Waals surface area contributed by atoms with Gasteiger partial charge in [-0.05, 0) is 18.5 Å². The van der Waals surface area contributed by atoms with Crippen molar-refractivity contribution in [3.8, 4) is 0 Å². The summed E-state index contributed by atoms with van der Waals surface area (Å²) in [7, 11) is 1.62. The Labute approximate surface area is 91.8 Å². The number of rotatable bonds is 4. The maximum absolute atomic E-state index is 5.74. The quantitative estimate of drug-likeness (QED) is 0.862. The Morgan fingerprint density at radius 3 is 2.79 bits per heavy atom. The van der Waals surface area contributed by atoms with E-state index in [1.165, 1.54) is 0 Å². The maximum Gasteiger partial charge on any atom is 0.245 e. The highest BCUT2D eigenvalue weighted by molar-refractivity contribution is 6.32. The second-order valence-corrected chi connectivity index (χ2v) is 3.42. The molecule has 78 valence electrons. The lowest BCUT2D eigenvalue weighted by molar-refractivity contribution is 0.190. The van der Waals surface area contributed by atoms with Crippen molar-refractivity contribution >= 4 is 29.0 Å². The van der Waals surface area contributed by atoms with E-state index < -0.39 is 0 Å². The summed E-state index contributed by atoms with van der Waals surface area (Å²) in [4.78, 5) is 3.89. The topological polar surface area (TPSA) is 59.9 Å². The van der Waals surface area contributed by atoms with Gasteiger partial charge >= 0.3 is 0 Å². The zero-order chi connectivity index (χ0) is 10.6. The van der Waals surface area contributed by atoms with E-state index in [0.29, 0.717) is 12.4 Å². The van der Waals surface area contributed by atoms with E-state index in [9.17, 15) is 0 Å². The molecule has 14 heavy (non-hydrogen) atoms. The fraction of sp³-hybridized carbons (Fsp3) is 0.571. The summed E-state index contributed by atoms with van der Waals surface area (Å²) < 4.78 is 4.94. The number of nitrogens with one attached hydrogen (secondary N) is 1. The van der Waals surface area contributed by atoms with E-state index in [-0.39, 0.29) is 16.5 Å². The summed E-state index contributed by atoms with van der Waals surface area (Å²) in [6, 6.07) is 0.0743. The van der Waals surface area contributed by atoms with E-state index in [0.717, 1.165) is 0 Å². The van der Waals surface area contributed by atoms with Gasteiger partial charge in [-0.15, -0.1) is 10.2 Å². The first kappa shape index (κ1) is 11.4. The Hall–Kier alpha value is -0.650. The first-order valence-corrected chi connectivity index (χ1v) is 4.70. The van der Waals surface area contributed by atoms with Crippen LogP contribution in [0.4, 0.5) is 5.82 Å². The van der Waals surface area contributed by atoms with E-state index in [1.54, 1.807) is 7.11 Å². The molecule has 0 radical (unpaired) electrons. The molecule has 1 heterocycles. The van der Waals surface area contributed by atoms with Crippen molar-refractivity contribution in [1.82, 2.24) is 15.2 Å². The number of methoxy groups -OCH3 is 1. The van der Waals surface area contributed by atoms with Crippen LogP contribution in [0.3, 0.4) is 0 Å². The Balaban J connectivity index is 2.70. The number of aromatic nitrogens is 3. The van der Waals surface area contributed by atoms with Gasteiger partial charge in [0.2, 0.25) is 5.28 Å². The van der Waals surface area contributed by atoms with Gasteiger partial charge in [-0.1, -0.05) is 11.6 Å². The number of nitrogens with zero attached hydrogens (tertiary/aromatic N) is 3. The molecule has 0 aliphatic rings. The second-order valence-electron chi connectivity index (χ2n) is 2.72. The highest BCUT2D eigenvalue weighted by Crippen LogP contribution is 2.17. The van der Waals surface area contributed by atoms with Gasteiger partial charge in [-0.2, -0.15) is 4.98 Å². The van der Waals surface area contributed by atoms with E-state index in [1.807, 2.05) is 6.92 Å². The van der Waals surface area contributed by atoms with Gasteiger partial charge in [0, 0.05) is 13.2 Å². The molecule has 7 heteroatoms. The summed E-state index contributed by atoms with van der Waals surface area (Å²) >= 11 is 11.3. The molecule has 0 saturated heterocycles. The molecular formula is C7H10Cl2N4O. The van der Waals surface area contributed by atoms with Crippen LogP contribution < -0.4 is 5.32 Å². The van der Waals surface area contributed by atoms with Gasteiger partial charge in [0.25, 0.3) is 0 Å². The summed E-state index contributed by atoms with van der Waals surface area (Å²) in [5.41, 5.74) is 0. The van der Waals surface area contributed by atoms with Crippen molar-refractivity contribution in [1.29, 1.82) is 0 Å². The van der Waals surface area contributed by atoms with Crippen LogP contribution in [0.15, 0.2) is 0 Å². The van der Waals surface area contributed by atoms with Gasteiger partial charge in [-0.3, -0.25) is 0 Å². The molecule has 0 aromatic carbocycles. The van der Waals surface area contributed by atoms with Crippen LogP contribution in [0.2, 0.25) is 10.4 Å². The average molecular weight is 237 g/mol. The molecule has 0 spiro atoms. The van der Waals surface area contributed by atoms with Crippen LogP contribution in [0, 0.1) is 0 Å². The summed E-state index contributed by atoms with van der Waals surface area (Å²) in [5.74, 6) is 0.413. The third-order valence-corrected chi connectivity index (χ3v) is 1.83. The van der Waals surface area contributed by atoms with Gasteiger partial charge < -0.3 is 10.1 Å². The van der Waals surface area contributed by atoms with Gasteiger partial charge in [-0.25, -0.2) is 0 Å². The molecule has 1 atom stereocenters. The Morgan fingerprint density at radius 1 is 1.43 bits per heavy atom. The predicted molar refractivity (Wildman–Crippen MR) is 54.8 cm³/mol. The van der Waals surface area contributed by atoms with Crippen molar-refractivity contribution in [2.45, 2.75) is 13.0 Å². The number of hydrogen-bond acceptors (Lipinski definition) is 5. The van der Waals surface area contributed by atoms with Crippen LogP contribution in [0.5, 0.6) is 0 Å². The minimum atomic E-state index is 0.0570. The van der Waals surface area contributed by atoms with Crippen LogP contribution in [0.25, 0.3) is 0 Å². The first-order chi connectivity index (χ1) is 6.63. The van der Waals surface area contributed by atoms with Crippen molar-refractivity contribution in [3.05, 3.63) is 10.4 Å². The van der Waals surface area contributed by atoms with Crippen LogP contribution >= 0.6 is 23.2 Å². The molecule has 0 aliphatic heterocycles. The number of anilines is 1. The SMILES string of the molecule is COCC(C)Nc1nc(Cl)nnc1Cl. The van der Waals surface area contributed by atoms with Crippen molar-refractivity contribution < 1.29 is 4.74 Å². The van der Waals surface area contributed by atoms with E-state index in [2.05, 4.69) is 20.5 Å². The predicted octanol–water partition coefficient (Wildman–Crippen LogP) is 1.63. The molecule has 1 unspecified atom stereocenters. The molecule has 0 aliphatic carbocycles. The van der Waals surface area contributed by atoms with Crippen LogP contribution in [-0.4, -0.2) is 34.9 Å². The van der Waals surface area contributed by atoms with Gasteiger partial charge in [0.05, 0.1) is 6.61 Å². The van der Waals surface area contributed by atoms with Gasteiger partial charge in [0.1, 0.15) is 0 Å². The highest BCUT2D eigenvalue weighted by atomic mass is 35.5. The monoisotopic (exact) mass is 236 g/mol. The molecule has 1 aromatic rings. The molecule has 0 saturated carbocycles. The number of hydrogen-bond donors (Lipinski definition) is 1. The highest BCUT2D eigenvalue weighted by Gasteiger charge is 2.08. The normalized spacial score (nSPS) is 12.6. The Bertz CT molecular complexity index is 310. The molecule has 5 nitrogen and oxygen atoms in total. The Kier molecular flexibility index (Phi) is 4.31. The van der Waals surface area contributed by atoms with E-state index >= 15 is 0 Å². The zero-order valence-corrected chi connectivity index (χ0v) is 9.30. The van der Waals surface area contributed by atoms with E-state index in [4.69, 9.17) is 27.9 Å². The third kappa shape index (κ3) is 3.25. The molecule has 0 fully saturated rings. The Morgan fingerprint density at radius 2 is 2.14 bits per heavy atom. The fourth-order valence-electron chi connectivity index (χ4n) is 0.910. The first-order valence-electron chi connectivity index (χ1n) is 3.94. The molecule has 1 aromatic heterocycles. The molecule has 1 rings (SSSR count). The largest absolute Gasteiger partial charge is 0.383 e. The lowest BCUT2D eigenvalue weighted by Crippen LogP contribution is -2.22. The molecule has 0 amide bonds. The minimum absolute atomic E-state index is 0.0570. The van der Waals surface area contributed by atoms with Crippen molar-refractivity contribution in [2.24, 2.45) is 0 Å². The summed E-state index contributed by atoms with van der Waals surface area (Å²) in [6.45, 7) is 2.47. The second kappa shape index (κ2) is 5.29. The van der Waals surface area contributed by atoms with Crippen molar-refractivity contribution in [3.63, 3.8) is 0 Å². The molecular weight excluding hydrogens is 227 g/mol. The van der Waals surface area contributed by atoms with Crippen LogP contribution in [0.1, 0.15) is 6.92 Å². The number of halogens is 2. The molecule has 1 N–H and O–H groups in total. The van der Waals surface area contributed by atoms with Crippen LogP contribution in [-0.2, 0) is 4.74 Å². The third-order valence-electron chi connectivity index (χ3n) is 1.42. The fourth-order valence-corrected chi connectivity index (χ4v) is 1.17. The smallest absolute Gasteiger partial charge is 0.245 e. The maximum atomic E-state index is 5.74. The average Bonchev–Trinajstić information content (AvgIpc) is 2.12. The number of ether oxygens (including phenoxy) is 1. The summed E-state index contributed by atoms with van der Waals surface area (Å²) in [5, 5.41) is 10.3. The zero-order valence-electron chi connectivity index (χ0n) is 7.79. The molecule has 0 bridgehead atoms. The summed E-state index contributed by atoms with van der Waals surface area (Å²) in [6.07, 6.45) is 0. The van der Waals surface area contributed by atoms with Crippen molar-refractivity contribution in [2.75, 3.05) is 19.0 Å². The lowest BCUT2D eigenvalue weighted by Gasteiger charge is -2.13. The van der Waals surface area contributed by atoms with Gasteiger partial charge in [0.15, 0.2) is 11.0 Å². The minimum Gasteiger partial charge on any atom is -0.383 e.